The number of hydrogen-bond acceptors (Lipinski definition) is 2. The highest BCUT2D eigenvalue weighted by Crippen LogP contribution is 2.29. The number of carbonyl (C=O) groups is 1. The van der Waals surface area contributed by atoms with Gasteiger partial charge in [0.25, 0.3) is 0 Å². The Morgan fingerprint density at radius 3 is 1.97 bits per heavy atom. The smallest absolute Gasteiger partial charge is 0.228 e. The van der Waals surface area contributed by atoms with Gasteiger partial charge in [0.1, 0.15) is 6.17 Å². The summed E-state index contributed by atoms with van der Waals surface area (Å²) in [6, 6.07) is 7.71. The van der Waals surface area contributed by atoms with E-state index in [0.29, 0.717) is 6.42 Å². The Balaban J connectivity index is 2.27. The number of amides is 1. The maximum Gasteiger partial charge on any atom is 0.228 e. The second-order valence-corrected chi connectivity index (χ2v) is 11.0. The molecule has 1 aromatic rings. The van der Waals surface area contributed by atoms with Gasteiger partial charge in [0.2, 0.25) is 9.70 Å². The van der Waals surface area contributed by atoms with Crippen LogP contribution in [0.15, 0.2) is 24.3 Å². The predicted octanol–water partition coefficient (Wildman–Crippen LogP) is 7.80. The molecule has 182 valence electrons. The minimum Gasteiger partial charge on any atom is -0.339 e. The van der Waals surface area contributed by atoms with Crippen molar-refractivity contribution in [3.05, 3.63) is 29.8 Å². The van der Waals surface area contributed by atoms with Crippen molar-refractivity contribution in [1.82, 2.24) is 10.6 Å². The summed E-state index contributed by atoms with van der Waals surface area (Å²) in [5.41, 5.74) is 1.88. The van der Waals surface area contributed by atoms with Gasteiger partial charge in [-0.1, -0.05) is 124 Å². The van der Waals surface area contributed by atoms with Crippen LogP contribution in [0.1, 0.15) is 89.5 Å². The maximum absolute atomic E-state index is 12.4. The van der Waals surface area contributed by atoms with Crippen LogP contribution in [-0.4, -0.2) is 21.0 Å². The topological polar surface area (TPSA) is 53.2 Å². The molecule has 8 heteroatoms. The first kappa shape index (κ1) is 29.3. The van der Waals surface area contributed by atoms with Crippen LogP contribution in [0.25, 0.3) is 0 Å². The van der Waals surface area contributed by atoms with Crippen molar-refractivity contribution in [3.8, 4) is 0 Å². The summed E-state index contributed by atoms with van der Waals surface area (Å²) in [5, 5.41) is 8.99. The average Bonchev–Trinajstić information content (AvgIpc) is 2.72. The average molecular weight is 523 g/mol. The van der Waals surface area contributed by atoms with Crippen LogP contribution in [-0.2, 0) is 4.79 Å². The molecule has 0 aliphatic carbocycles. The number of thiocarbonyl (C=S) groups is 1. The normalized spacial score (nSPS) is 12.3. The van der Waals surface area contributed by atoms with E-state index in [-0.39, 0.29) is 11.0 Å². The van der Waals surface area contributed by atoms with Crippen LogP contribution in [0.2, 0.25) is 0 Å². The van der Waals surface area contributed by atoms with E-state index in [0.717, 1.165) is 30.5 Å². The molecule has 0 aliphatic rings. The second kappa shape index (κ2) is 16.8. The van der Waals surface area contributed by atoms with Gasteiger partial charge in [0.15, 0.2) is 5.11 Å². The Labute approximate surface area is 214 Å². The molecule has 1 aromatic carbocycles. The molecule has 0 fully saturated rings. The number of unbranched alkanes of at least 4 members (excludes halogenated alkanes) is 10. The summed E-state index contributed by atoms with van der Waals surface area (Å²) in [4.78, 5) is 12.4. The highest BCUT2D eigenvalue weighted by molar-refractivity contribution is 7.80. The molecule has 32 heavy (non-hydrogen) atoms. The number of aryl methyl sites for hydroxylation is 1. The van der Waals surface area contributed by atoms with Gasteiger partial charge >= 0.3 is 0 Å². The molecule has 4 nitrogen and oxygen atoms in total. The number of nitrogens with one attached hydrogen (secondary N) is 3. The van der Waals surface area contributed by atoms with Gasteiger partial charge in [-0.15, -0.1) is 0 Å². The number of para-hydroxylation sites is 1. The zero-order valence-electron chi connectivity index (χ0n) is 19.3. The third-order valence-corrected chi connectivity index (χ3v) is 6.18. The Kier molecular flexibility index (Phi) is 15.4. The van der Waals surface area contributed by atoms with E-state index in [9.17, 15) is 4.79 Å². The summed E-state index contributed by atoms with van der Waals surface area (Å²) < 4.78 is -1.75. The fraction of sp³-hybridized carbons (Fsp3) is 0.667. The Hall–Kier alpha value is -0.750. The summed E-state index contributed by atoms with van der Waals surface area (Å²) >= 11 is 23.5. The zero-order chi connectivity index (χ0) is 23.8. The molecule has 0 radical (unpaired) electrons. The number of carbonyl (C=O) groups excluding carboxylic acids is 1. The number of rotatable bonds is 15. The Morgan fingerprint density at radius 1 is 0.906 bits per heavy atom. The lowest BCUT2D eigenvalue weighted by Gasteiger charge is -2.28. The van der Waals surface area contributed by atoms with Gasteiger partial charge in [0.05, 0.1) is 0 Å². The van der Waals surface area contributed by atoms with Crippen molar-refractivity contribution in [3.63, 3.8) is 0 Å². The van der Waals surface area contributed by atoms with E-state index in [4.69, 9.17) is 47.0 Å². The maximum atomic E-state index is 12.4. The number of anilines is 1. The van der Waals surface area contributed by atoms with Crippen molar-refractivity contribution < 1.29 is 4.79 Å². The van der Waals surface area contributed by atoms with Crippen molar-refractivity contribution >= 4 is 63.7 Å². The van der Waals surface area contributed by atoms with Crippen LogP contribution in [0.5, 0.6) is 0 Å². The van der Waals surface area contributed by atoms with E-state index < -0.39 is 9.96 Å². The molecule has 3 N–H and O–H groups in total. The van der Waals surface area contributed by atoms with Gasteiger partial charge in [-0.2, -0.15) is 0 Å². The predicted molar refractivity (Wildman–Crippen MR) is 144 cm³/mol. The number of halogens is 3. The van der Waals surface area contributed by atoms with E-state index in [1.807, 2.05) is 31.2 Å². The Morgan fingerprint density at radius 2 is 1.44 bits per heavy atom. The Bertz CT molecular complexity index is 683. The molecule has 0 bridgehead atoms. The van der Waals surface area contributed by atoms with E-state index in [1.54, 1.807) is 0 Å². The van der Waals surface area contributed by atoms with Crippen LogP contribution < -0.4 is 16.0 Å². The molecule has 0 unspecified atom stereocenters. The lowest BCUT2D eigenvalue weighted by Crippen LogP contribution is -2.56. The number of hydrogen-bond donors (Lipinski definition) is 3. The van der Waals surface area contributed by atoms with Gasteiger partial charge in [-0.3, -0.25) is 4.79 Å². The van der Waals surface area contributed by atoms with Crippen molar-refractivity contribution in [1.29, 1.82) is 0 Å². The molecule has 1 atom stereocenters. The molecule has 0 heterocycles. The van der Waals surface area contributed by atoms with Crippen molar-refractivity contribution in [2.45, 2.75) is 101 Å². The SMILES string of the molecule is CCCCCCCCCCCCCC(=O)N[C@@H](NC(=S)Nc1ccccc1C)C(Cl)(Cl)Cl. The second-order valence-electron chi connectivity index (χ2n) is 8.24. The third kappa shape index (κ3) is 13.7. The highest BCUT2D eigenvalue weighted by Gasteiger charge is 2.34. The molecule has 0 spiro atoms. The molecule has 1 rings (SSSR count). The largest absolute Gasteiger partial charge is 0.339 e. The van der Waals surface area contributed by atoms with E-state index in [2.05, 4.69) is 22.9 Å². The molecular formula is C24H38Cl3N3OS. The van der Waals surface area contributed by atoms with Crippen molar-refractivity contribution in [2.24, 2.45) is 0 Å². The minimum atomic E-state index is -1.75. The van der Waals surface area contributed by atoms with Crippen LogP contribution in [0.3, 0.4) is 0 Å². The highest BCUT2D eigenvalue weighted by atomic mass is 35.6. The number of benzene rings is 1. The fourth-order valence-electron chi connectivity index (χ4n) is 3.39. The molecule has 0 saturated carbocycles. The molecule has 0 saturated heterocycles. The van der Waals surface area contributed by atoms with Gasteiger partial charge in [0, 0.05) is 12.1 Å². The van der Waals surface area contributed by atoms with Gasteiger partial charge < -0.3 is 16.0 Å². The summed E-state index contributed by atoms with van der Waals surface area (Å²) in [7, 11) is 0. The van der Waals surface area contributed by atoms with Crippen LogP contribution in [0, 0.1) is 6.92 Å². The van der Waals surface area contributed by atoms with Crippen molar-refractivity contribution in [2.75, 3.05) is 5.32 Å². The lowest BCUT2D eigenvalue weighted by atomic mass is 10.1. The summed E-state index contributed by atoms with van der Waals surface area (Å²) in [6.07, 6.45) is 13.0. The first-order chi connectivity index (χ1) is 15.2. The van der Waals surface area contributed by atoms with E-state index >= 15 is 0 Å². The third-order valence-electron chi connectivity index (χ3n) is 5.31. The van der Waals surface area contributed by atoms with Gasteiger partial charge in [-0.25, -0.2) is 0 Å². The van der Waals surface area contributed by atoms with E-state index in [1.165, 1.54) is 51.4 Å². The van der Waals surface area contributed by atoms with Gasteiger partial charge in [-0.05, 0) is 37.2 Å². The molecule has 0 aromatic heterocycles. The van der Waals surface area contributed by atoms with Crippen LogP contribution in [0.4, 0.5) is 5.69 Å². The fourth-order valence-corrected chi connectivity index (χ4v) is 3.94. The quantitative estimate of drug-likeness (QED) is 0.0952. The molecule has 1 amide bonds. The first-order valence-corrected chi connectivity index (χ1v) is 13.3. The number of alkyl halides is 3. The molecule has 0 aliphatic heterocycles. The zero-order valence-corrected chi connectivity index (χ0v) is 22.4. The molecular weight excluding hydrogens is 485 g/mol. The lowest BCUT2D eigenvalue weighted by molar-refractivity contribution is -0.122. The first-order valence-electron chi connectivity index (χ1n) is 11.7. The standard InChI is InChI=1S/C24H38Cl3N3OS/c1-3-4-5-6-7-8-9-10-11-12-13-18-21(31)29-22(24(25,26)27)30-23(32)28-20-17-15-14-16-19(20)2/h14-17,22H,3-13,18H2,1-2H3,(H,29,31)(H2,28,30,32)/t22-/m0/s1. The summed E-state index contributed by atoms with van der Waals surface area (Å²) in [5.74, 6) is -0.163. The van der Waals surface area contributed by atoms with Crippen LogP contribution >= 0.6 is 47.0 Å². The minimum absolute atomic E-state index is 0.163. The monoisotopic (exact) mass is 521 g/mol. The summed E-state index contributed by atoms with van der Waals surface area (Å²) in [6.45, 7) is 4.21.